The van der Waals surface area contributed by atoms with Crippen molar-refractivity contribution in [1.29, 1.82) is 5.41 Å². The van der Waals surface area contributed by atoms with Gasteiger partial charge in [-0.25, -0.2) is 4.98 Å². The van der Waals surface area contributed by atoms with Gasteiger partial charge in [0.25, 0.3) is 5.56 Å². The van der Waals surface area contributed by atoms with Crippen molar-refractivity contribution < 1.29 is 4.79 Å². The summed E-state index contributed by atoms with van der Waals surface area (Å²) in [6.45, 7) is 0. The lowest BCUT2D eigenvalue weighted by Gasteiger charge is -2.17. The molecule has 0 atom stereocenters. The van der Waals surface area contributed by atoms with E-state index in [0.29, 0.717) is 27.7 Å². The van der Waals surface area contributed by atoms with Crippen molar-refractivity contribution in [1.82, 2.24) is 14.5 Å². The molecule has 36 heavy (non-hydrogen) atoms. The highest BCUT2D eigenvalue weighted by molar-refractivity contribution is 6.30. The number of anilines is 2. The van der Waals surface area contributed by atoms with Gasteiger partial charge in [0.05, 0.1) is 5.69 Å². The molecule has 8 heteroatoms. The number of hydrogen-bond donors (Lipinski definition) is 2. The zero-order valence-electron chi connectivity index (χ0n) is 19.8. The highest BCUT2D eigenvalue weighted by Crippen LogP contribution is 2.25. The Morgan fingerprint density at radius 1 is 1.00 bits per heavy atom. The van der Waals surface area contributed by atoms with E-state index in [2.05, 4.69) is 5.32 Å². The van der Waals surface area contributed by atoms with Gasteiger partial charge in [-0.2, -0.15) is 0 Å². The second-order valence-electron chi connectivity index (χ2n) is 8.17. The number of rotatable bonds is 8. The van der Waals surface area contributed by atoms with Crippen LogP contribution in [0.4, 0.5) is 11.5 Å². The second-order valence-corrected chi connectivity index (χ2v) is 8.61. The first-order valence-corrected chi connectivity index (χ1v) is 11.5. The van der Waals surface area contributed by atoms with E-state index < -0.39 is 5.56 Å². The van der Waals surface area contributed by atoms with Gasteiger partial charge in [0, 0.05) is 54.4 Å². The van der Waals surface area contributed by atoms with Crippen LogP contribution in [0.15, 0.2) is 95.9 Å². The molecule has 2 N–H and O–H groups in total. The van der Waals surface area contributed by atoms with Crippen molar-refractivity contribution in [2.24, 2.45) is 0 Å². The Balaban J connectivity index is 1.88. The maximum absolute atomic E-state index is 13.6. The third-order valence-electron chi connectivity index (χ3n) is 5.34. The largest absolute Gasteiger partial charge is 0.383 e. The summed E-state index contributed by atoms with van der Waals surface area (Å²) >= 11 is 6.07. The Hall–Kier alpha value is -4.49. The first-order chi connectivity index (χ1) is 17.4. The summed E-state index contributed by atoms with van der Waals surface area (Å²) in [7, 11) is 3.68. The van der Waals surface area contributed by atoms with Crippen molar-refractivity contribution in [2.75, 3.05) is 19.4 Å². The van der Waals surface area contributed by atoms with Gasteiger partial charge in [-0.3, -0.25) is 14.2 Å². The molecule has 0 aliphatic heterocycles. The molecule has 0 unspecified atom stereocenters. The van der Waals surface area contributed by atoms with E-state index in [0.717, 1.165) is 11.9 Å². The van der Waals surface area contributed by atoms with Crippen LogP contribution in [0.1, 0.15) is 15.9 Å². The van der Waals surface area contributed by atoms with Crippen molar-refractivity contribution in [2.45, 2.75) is 0 Å². The Bertz CT molecular complexity index is 1480. The molecule has 0 spiro atoms. The van der Waals surface area contributed by atoms with E-state index >= 15 is 0 Å². The number of aromatic nitrogens is 2. The number of benzene rings is 3. The van der Waals surface area contributed by atoms with Crippen LogP contribution >= 0.6 is 11.6 Å². The fraction of sp³-hybridized carbons (Fsp3) is 0.0714. The Morgan fingerprint density at radius 2 is 1.67 bits per heavy atom. The van der Waals surface area contributed by atoms with Crippen molar-refractivity contribution >= 4 is 35.1 Å². The standard InChI is InChI=1S/C28H24ClN5O2/c1-33(2)17-16-25(35)19-8-10-20(11-9-19)27-32-26(31-22-6-4-3-5-7-22)24(18-30)28(36)34(27)23-14-12-21(29)13-15-23/h3-18,30-31H,1-2H3/b17-16+,30-18?. The van der Waals surface area contributed by atoms with Crippen LogP contribution in [-0.4, -0.2) is 40.5 Å². The summed E-state index contributed by atoms with van der Waals surface area (Å²) in [4.78, 5) is 32.7. The lowest BCUT2D eigenvalue weighted by Crippen LogP contribution is -2.26. The van der Waals surface area contributed by atoms with E-state index in [9.17, 15) is 9.59 Å². The number of para-hydroxylation sites is 1. The Morgan fingerprint density at radius 3 is 2.28 bits per heavy atom. The van der Waals surface area contributed by atoms with Gasteiger partial charge in [-0.05, 0) is 36.4 Å². The van der Waals surface area contributed by atoms with Gasteiger partial charge in [0.15, 0.2) is 5.78 Å². The van der Waals surface area contributed by atoms with Crippen molar-refractivity contribution in [3.05, 3.63) is 118 Å². The molecule has 0 fully saturated rings. The number of nitrogens with one attached hydrogen (secondary N) is 2. The minimum atomic E-state index is -0.412. The van der Waals surface area contributed by atoms with Crippen LogP contribution in [0.2, 0.25) is 5.02 Å². The number of nitrogens with zero attached hydrogens (tertiary/aromatic N) is 3. The van der Waals surface area contributed by atoms with Gasteiger partial charge in [0.1, 0.15) is 17.2 Å². The fourth-order valence-corrected chi connectivity index (χ4v) is 3.66. The van der Waals surface area contributed by atoms with Crippen LogP contribution in [-0.2, 0) is 0 Å². The molecule has 0 aliphatic carbocycles. The molecule has 7 nitrogen and oxygen atoms in total. The summed E-state index contributed by atoms with van der Waals surface area (Å²) < 4.78 is 1.44. The first kappa shape index (κ1) is 24.6. The minimum absolute atomic E-state index is 0.109. The highest BCUT2D eigenvalue weighted by Gasteiger charge is 2.19. The summed E-state index contributed by atoms with van der Waals surface area (Å²) in [6.07, 6.45) is 4.18. The number of ketones is 1. The number of halogens is 1. The van der Waals surface area contributed by atoms with Crippen LogP contribution in [0.3, 0.4) is 0 Å². The van der Waals surface area contributed by atoms with E-state index in [1.165, 1.54) is 10.6 Å². The maximum atomic E-state index is 13.6. The second kappa shape index (κ2) is 10.8. The van der Waals surface area contributed by atoms with Gasteiger partial charge in [0.2, 0.25) is 0 Å². The smallest absolute Gasteiger partial charge is 0.269 e. The average molecular weight is 498 g/mol. The fourth-order valence-electron chi connectivity index (χ4n) is 3.54. The first-order valence-electron chi connectivity index (χ1n) is 11.1. The van der Waals surface area contributed by atoms with Crippen LogP contribution < -0.4 is 10.9 Å². The van der Waals surface area contributed by atoms with E-state index in [1.54, 1.807) is 59.6 Å². The van der Waals surface area contributed by atoms with E-state index in [1.807, 2.05) is 44.4 Å². The molecular formula is C28H24ClN5O2. The lowest BCUT2D eigenvalue weighted by atomic mass is 10.1. The maximum Gasteiger partial charge on any atom is 0.269 e. The zero-order valence-corrected chi connectivity index (χ0v) is 20.5. The van der Waals surface area contributed by atoms with Crippen molar-refractivity contribution in [3.63, 3.8) is 0 Å². The summed E-state index contributed by atoms with van der Waals surface area (Å²) in [5.41, 5.74) is 2.12. The molecular weight excluding hydrogens is 474 g/mol. The molecule has 4 rings (SSSR count). The number of carbonyl (C=O) groups excluding carboxylic acids is 1. The Kier molecular flexibility index (Phi) is 7.42. The lowest BCUT2D eigenvalue weighted by molar-refractivity contribution is 0.104. The van der Waals surface area contributed by atoms with Crippen LogP contribution in [0, 0.1) is 5.41 Å². The summed E-state index contributed by atoms with van der Waals surface area (Å²) in [5, 5.41) is 11.6. The van der Waals surface area contributed by atoms with Gasteiger partial charge < -0.3 is 15.6 Å². The molecule has 0 radical (unpaired) electrons. The zero-order chi connectivity index (χ0) is 25.7. The topological polar surface area (TPSA) is 91.1 Å². The molecule has 4 aromatic rings. The SMILES string of the molecule is CN(C)/C=C/C(=O)c1ccc(-c2nc(Nc3ccccc3)c(C=N)c(=O)n2-c2ccc(Cl)cc2)cc1. The monoisotopic (exact) mass is 497 g/mol. The molecule has 0 saturated heterocycles. The molecule has 1 heterocycles. The third kappa shape index (κ3) is 5.42. The summed E-state index contributed by atoms with van der Waals surface area (Å²) in [5.74, 6) is 0.480. The highest BCUT2D eigenvalue weighted by atomic mass is 35.5. The molecule has 180 valence electrons. The number of allylic oxidation sites excluding steroid dienone is 1. The molecule has 0 bridgehead atoms. The number of hydrogen-bond acceptors (Lipinski definition) is 6. The molecule has 0 amide bonds. The van der Waals surface area contributed by atoms with Gasteiger partial charge >= 0.3 is 0 Å². The van der Waals surface area contributed by atoms with Crippen molar-refractivity contribution in [3.8, 4) is 17.1 Å². The molecule has 0 aliphatic rings. The predicted octanol–water partition coefficient (Wildman–Crippen LogP) is 5.55. The summed E-state index contributed by atoms with van der Waals surface area (Å²) in [6, 6.07) is 23.0. The van der Waals surface area contributed by atoms with E-state index in [-0.39, 0.29) is 17.2 Å². The van der Waals surface area contributed by atoms with Gasteiger partial charge in [-0.15, -0.1) is 0 Å². The molecule has 3 aromatic carbocycles. The van der Waals surface area contributed by atoms with Crippen LogP contribution in [0.5, 0.6) is 0 Å². The third-order valence-corrected chi connectivity index (χ3v) is 5.59. The van der Waals surface area contributed by atoms with Crippen LogP contribution in [0.25, 0.3) is 17.1 Å². The quantitative estimate of drug-likeness (QED) is 0.189. The van der Waals surface area contributed by atoms with E-state index in [4.69, 9.17) is 22.0 Å². The predicted molar refractivity (Wildman–Crippen MR) is 145 cm³/mol. The number of carbonyl (C=O) groups is 1. The average Bonchev–Trinajstić information content (AvgIpc) is 2.88. The normalized spacial score (nSPS) is 10.9. The molecule has 1 aromatic heterocycles. The molecule has 0 saturated carbocycles. The van der Waals surface area contributed by atoms with Gasteiger partial charge in [-0.1, -0.05) is 54.1 Å². The Labute approximate surface area is 213 Å². The minimum Gasteiger partial charge on any atom is -0.383 e.